The third kappa shape index (κ3) is 4.22. The molecule has 2 amide bonds. The van der Waals surface area contributed by atoms with E-state index in [2.05, 4.69) is 14.9 Å². The third-order valence-electron chi connectivity index (χ3n) is 4.91. The minimum absolute atomic E-state index is 0.0915. The average Bonchev–Trinajstić information content (AvgIpc) is 3.02. The molecule has 1 aliphatic heterocycles. The maximum atomic E-state index is 12.5. The normalized spacial score (nSPS) is 16.0. The lowest BCUT2D eigenvalue weighted by Crippen LogP contribution is -2.54. The van der Waals surface area contributed by atoms with Gasteiger partial charge in [0, 0.05) is 49.9 Å². The van der Waals surface area contributed by atoms with Crippen LogP contribution in [0, 0.1) is 0 Å². The van der Waals surface area contributed by atoms with E-state index in [1.807, 2.05) is 29.4 Å². The van der Waals surface area contributed by atoms with Gasteiger partial charge in [-0.2, -0.15) is 0 Å². The second-order valence-electron chi connectivity index (χ2n) is 7.54. The van der Waals surface area contributed by atoms with Gasteiger partial charge in [0.1, 0.15) is 0 Å². The van der Waals surface area contributed by atoms with Crippen LogP contribution in [0.4, 0.5) is 0 Å². The van der Waals surface area contributed by atoms with Crippen LogP contribution in [-0.2, 0) is 16.1 Å². The fraction of sp³-hybridized carbons (Fsp3) is 0.526. The molecule has 2 aromatic rings. The summed E-state index contributed by atoms with van der Waals surface area (Å²) in [5.41, 5.74) is 5.99. The number of nitrogens with two attached hydrogens (primary N) is 1. The van der Waals surface area contributed by atoms with Gasteiger partial charge in [0.05, 0.1) is 17.3 Å². The number of likely N-dealkylation sites (tertiary alicyclic amines) is 1. The summed E-state index contributed by atoms with van der Waals surface area (Å²) in [7, 11) is 0. The number of rotatable bonds is 5. The molecule has 0 unspecified atom stereocenters. The molecule has 0 aliphatic carbocycles. The van der Waals surface area contributed by atoms with Crippen LogP contribution in [0.15, 0.2) is 30.7 Å². The lowest BCUT2D eigenvalue weighted by Gasteiger charge is -2.33. The Bertz CT molecular complexity index is 785. The molecular formula is C19H27N5O2. The van der Waals surface area contributed by atoms with E-state index >= 15 is 0 Å². The van der Waals surface area contributed by atoms with E-state index in [1.165, 1.54) is 0 Å². The van der Waals surface area contributed by atoms with Crippen molar-refractivity contribution in [3.63, 3.8) is 0 Å². The average molecular weight is 357 g/mol. The van der Waals surface area contributed by atoms with Crippen molar-refractivity contribution in [3.05, 3.63) is 30.7 Å². The van der Waals surface area contributed by atoms with E-state index in [-0.39, 0.29) is 17.9 Å². The molecule has 1 fully saturated rings. The van der Waals surface area contributed by atoms with Crippen molar-refractivity contribution in [1.29, 1.82) is 0 Å². The SMILES string of the molecule is CC(C)(N)C(=O)NC1CCN(C(=O)CCn2ccc3ccncc32)CC1. The molecule has 3 N–H and O–H groups in total. The Balaban J connectivity index is 1.47. The number of hydrogen-bond donors (Lipinski definition) is 2. The summed E-state index contributed by atoms with van der Waals surface area (Å²) in [5.74, 6) is 0.00930. The molecule has 0 bridgehead atoms. The Morgan fingerprint density at radius 1 is 1.31 bits per heavy atom. The van der Waals surface area contributed by atoms with Gasteiger partial charge in [-0.3, -0.25) is 14.6 Å². The quantitative estimate of drug-likeness (QED) is 0.843. The highest BCUT2D eigenvalue weighted by Crippen LogP contribution is 2.16. The molecule has 2 aromatic heterocycles. The second kappa shape index (κ2) is 7.45. The Labute approximate surface area is 153 Å². The van der Waals surface area contributed by atoms with Gasteiger partial charge in [0.25, 0.3) is 0 Å². The van der Waals surface area contributed by atoms with Crippen molar-refractivity contribution in [3.8, 4) is 0 Å². The number of nitrogens with one attached hydrogen (secondary N) is 1. The molecule has 1 aliphatic rings. The summed E-state index contributed by atoms with van der Waals surface area (Å²) in [6.07, 6.45) is 7.59. The maximum Gasteiger partial charge on any atom is 0.239 e. The predicted molar refractivity (Wildman–Crippen MR) is 100 cm³/mol. The highest BCUT2D eigenvalue weighted by atomic mass is 16.2. The molecule has 3 rings (SSSR count). The molecular weight excluding hydrogens is 330 g/mol. The van der Waals surface area contributed by atoms with Gasteiger partial charge in [-0.1, -0.05) is 0 Å². The first-order valence-corrected chi connectivity index (χ1v) is 9.11. The summed E-state index contributed by atoms with van der Waals surface area (Å²) in [5, 5.41) is 4.11. The zero-order valence-corrected chi connectivity index (χ0v) is 15.4. The van der Waals surface area contributed by atoms with Crippen molar-refractivity contribution in [2.45, 2.75) is 51.2 Å². The fourth-order valence-corrected chi connectivity index (χ4v) is 3.24. The van der Waals surface area contributed by atoms with Crippen LogP contribution in [0.25, 0.3) is 10.9 Å². The highest BCUT2D eigenvalue weighted by molar-refractivity contribution is 5.85. The van der Waals surface area contributed by atoms with Gasteiger partial charge in [-0.15, -0.1) is 0 Å². The number of nitrogens with zero attached hydrogens (tertiary/aromatic N) is 3. The smallest absolute Gasteiger partial charge is 0.239 e. The summed E-state index contributed by atoms with van der Waals surface area (Å²) < 4.78 is 2.07. The summed E-state index contributed by atoms with van der Waals surface area (Å²) >= 11 is 0. The maximum absolute atomic E-state index is 12.5. The molecule has 1 saturated heterocycles. The number of piperidine rings is 1. The molecule has 0 radical (unpaired) electrons. The van der Waals surface area contributed by atoms with Crippen LogP contribution in [0.3, 0.4) is 0 Å². The van der Waals surface area contributed by atoms with Crippen LogP contribution in [-0.4, -0.2) is 50.9 Å². The largest absolute Gasteiger partial charge is 0.352 e. The van der Waals surface area contributed by atoms with Crippen LogP contribution in [0.1, 0.15) is 33.1 Å². The van der Waals surface area contributed by atoms with E-state index in [4.69, 9.17) is 5.73 Å². The van der Waals surface area contributed by atoms with E-state index in [0.29, 0.717) is 26.1 Å². The molecule has 26 heavy (non-hydrogen) atoms. The first kappa shape index (κ1) is 18.4. The van der Waals surface area contributed by atoms with Crippen molar-refractivity contribution >= 4 is 22.7 Å². The molecule has 7 heteroatoms. The lowest BCUT2D eigenvalue weighted by molar-refractivity contribution is -0.132. The first-order valence-electron chi connectivity index (χ1n) is 9.11. The van der Waals surface area contributed by atoms with Gasteiger partial charge in [-0.25, -0.2) is 0 Å². The molecule has 0 spiro atoms. The zero-order valence-electron chi connectivity index (χ0n) is 15.4. The standard InChI is InChI=1S/C19H27N5O2/c1-19(2,20)18(26)22-15-5-10-24(11-6-15)17(25)7-12-23-9-4-14-3-8-21-13-16(14)23/h3-4,8-9,13,15H,5-7,10-12,20H2,1-2H3,(H,22,26). The van der Waals surface area contributed by atoms with Gasteiger partial charge in [0.15, 0.2) is 0 Å². The number of carbonyl (C=O) groups excluding carboxylic acids is 2. The van der Waals surface area contributed by atoms with Gasteiger partial charge >= 0.3 is 0 Å². The van der Waals surface area contributed by atoms with Crippen molar-refractivity contribution in [2.75, 3.05) is 13.1 Å². The Kier molecular flexibility index (Phi) is 5.27. The van der Waals surface area contributed by atoms with Crippen LogP contribution < -0.4 is 11.1 Å². The van der Waals surface area contributed by atoms with Crippen molar-refractivity contribution in [1.82, 2.24) is 19.8 Å². The number of aromatic nitrogens is 2. The van der Waals surface area contributed by atoms with E-state index in [9.17, 15) is 9.59 Å². The minimum atomic E-state index is -0.874. The molecule has 0 saturated carbocycles. The lowest BCUT2D eigenvalue weighted by atomic mass is 10.0. The second-order valence-corrected chi connectivity index (χ2v) is 7.54. The summed E-state index contributed by atoms with van der Waals surface area (Å²) in [4.78, 5) is 30.5. The fourth-order valence-electron chi connectivity index (χ4n) is 3.24. The Morgan fingerprint density at radius 2 is 2.04 bits per heavy atom. The van der Waals surface area contributed by atoms with Crippen LogP contribution in [0.2, 0.25) is 0 Å². The number of hydrogen-bond acceptors (Lipinski definition) is 4. The number of aryl methyl sites for hydroxylation is 1. The van der Waals surface area contributed by atoms with Crippen LogP contribution in [0.5, 0.6) is 0 Å². The van der Waals surface area contributed by atoms with Crippen LogP contribution >= 0.6 is 0 Å². The predicted octanol–water partition coefficient (Wildman–Crippen LogP) is 1.27. The molecule has 140 valence electrons. The number of pyridine rings is 1. The van der Waals surface area contributed by atoms with E-state index in [0.717, 1.165) is 23.7 Å². The first-order chi connectivity index (χ1) is 12.3. The third-order valence-corrected chi connectivity index (χ3v) is 4.91. The molecule has 7 nitrogen and oxygen atoms in total. The Hall–Kier alpha value is -2.41. The molecule has 3 heterocycles. The highest BCUT2D eigenvalue weighted by Gasteiger charge is 2.28. The van der Waals surface area contributed by atoms with Gasteiger partial charge in [-0.05, 0) is 38.8 Å². The van der Waals surface area contributed by atoms with Crippen molar-refractivity contribution < 1.29 is 9.59 Å². The number of amides is 2. The van der Waals surface area contributed by atoms with E-state index in [1.54, 1.807) is 20.0 Å². The van der Waals surface area contributed by atoms with Gasteiger partial charge < -0.3 is 20.5 Å². The zero-order chi connectivity index (χ0) is 18.7. The van der Waals surface area contributed by atoms with E-state index < -0.39 is 5.54 Å². The Morgan fingerprint density at radius 3 is 2.73 bits per heavy atom. The monoisotopic (exact) mass is 357 g/mol. The summed E-state index contributed by atoms with van der Waals surface area (Å²) in [6.45, 7) is 5.38. The summed E-state index contributed by atoms with van der Waals surface area (Å²) in [6, 6.07) is 4.10. The number of carbonyl (C=O) groups is 2. The molecule has 0 atom stereocenters. The number of fused-ring (bicyclic) bond motifs is 1. The van der Waals surface area contributed by atoms with Gasteiger partial charge in [0.2, 0.25) is 11.8 Å². The molecule has 0 aromatic carbocycles. The topological polar surface area (TPSA) is 93.3 Å². The minimum Gasteiger partial charge on any atom is -0.352 e. The van der Waals surface area contributed by atoms with Crippen molar-refractivity contribution in [2.24, 2.45) is 5.73 Å².